The molecule has 1 heterocycles. The lowest BCUT2D eigenvalue weighted by Crippen LogP contribution is -2.10. The van der Waals surface area contributed by atoms with Crippen molar-refractivity contribution in [2.75, 3.05) is 4.90 Å². The van der Waals surface area contributed by atoms with Crippen molar-refractivity contribution in [3.05, 3.63) is 206 Å². The molecule has 0 saturated heterocycles. The average Bonchev–Trinajstić information content (AvgIpc) is 3.59. The number of para-hydroxylation sites is 2. The van der Waals surface area contributed by atoms with Crippen molar-refractivity contribution in [1.82, 2.24) is 4.98 Å². The number of anilines is 3. The van der Waals surface area contributed by atoms with Crippen LogP contribution in [-0.2, 0) is 0 Å². The summed E-state index contributed by atoms with van der Waals surface area (Å²) in [5.41, 5.74) is 16.9. The SMILES string of the molecule is c1ccc(-c2c3c(c(-c4ccccc4)c4ccccc24)-c2ccc(-c4ccc(N(c5ccccc5)c5cccc6cccnc56)cc4)c4cccc-3c24)cc1. The lowest BCUT2D eigenvalue weighted by atomic mass is 9.82. The van der Waals surface area contributed by atoms with Gasteiger partial charge in [0.15, 0.2) is 0 Å². The fourth-order valence-corrected chi connectivity index (χ4v) is 8.92. The lowest BCUT2D eigenvalue weighted by molar-refractivity contribution is 1.28. The van der Waals surface area contributed by atoms with Crippen LogP contribution in [0.3, 0.4) is 0 Å². The van der Waals surface area contributed by atoms with E-state index in [-0.39, 0.29) is 0 Å². The van der Waals surface area contributed by atoms with E-state index in [1.165, 1.54) is 77.2 Å². The lowest BCUT2D eigenvalue weighted by Gasteiger charge is -2.26. The van der Waals surface area contributed by atoms with Crippen LogP contribution in [0.15, 0.2) is 206 Å². The number of nitrogens with zero attached hydrogens (tertiary/aromatic N) is 2. The number of benzene rings is 9. The van der Waals surface area contributed by atoms with E-state index in [9.17, 15) is 0 Å². The molecule has 1 aromatic heterocycles. The second-order valence-corrected chi connectivity index (χ2v) is 14.2. The number of rotatable bonds is 6. The van der Waals surface area contributed by atoms with Crippen LogP contribution in [0.5, 0.6) is 0 Å². The molecule has 2 nitrogen and oxygen atoms in total. The van der Waals surface area contributed by atoms with E-state index in [2.05, 4.69) is 199 Å². The van der Waals surface area contributed by atoms with Crippen molar-refractivity contribution in [3.8, 4) is 55.6 Å². The van der Waals surface area contributed by atoms with Crippen LogP contribution in [0.1, 0.15) is 0 Å². The first-order valence-electron chi connectivity index (χ1n) is 18.9. The normalized spacial score (nSPS) is 11.6. The van der Waals surface area contributed by atoms with Crippen molar-refractivity contribution in [1.29, 1.82) is 0 Å². The molecule has 0 atom stereocenters. The highest BCUT2D eigenvalue weighted by Crippen LogP contribution is 2.58. The van der Waals surface area contributed by atoms with Gasteiger partial charge in [0.05, 0.1) is 11.2 Å². The highest BCUT2D eigenvalue weighted by Gasteiger charge is 2.31. The highest BCUT2D eigenvalue weighted by atomic mass is 15.1. The minimum absolute atomic E-state index is 0.974. The van der Waals surface area contributed by atoms with Gasteiger partial charge in [0.2, 0.25) is 0 Å². The first-order chi connectivity index (χ1) is 27.3. The molecule has 0 radical (unpaired) electrons. The maximum Gasteiger partial charge on any atom is 0.0942 e. The minimum Gasteiger partial charge on any atom is -0.308 e. The predicted octanol–water partition coefficient (Wildman–Crippen LogP) is 14.7. The molecule has 0 fully saturated rings. The molecule has 0 aliphatic heterocycles. The number of fused-ring (bicyclic) bond motifs is 5. The molecule has 2 heteroatoms. The molecule has 0 spiro atoms. The van der Waals surface area contributed by atoms with Gasteiger partial charge < -0.3 is 4.90 Å². The molecule has 0 unspecified atom stereocenters. The largest absolute Gasteiger partial charge is 0.308 e. The van der Waals surface area contributed by atoms with Gasteiger partial charge >= 0.3 is 0 Å². The molecule has 1 aliphatic rings. The van der Waals surface area contributed by atoms with Crippen molar-refractivity contribution in [2.45, 2.75) is 0 Å². The molecule has 11 rings (SSSR count). The first-order valence-corrected chi connectivity index (χ1v) is 18.9. The van der Waals surface area contributed by atoms with Crippen LogP contribution in [0.4, 0.5) is 17.1 Å². The van der Waals surface area contributed by atoms with Crippen LogP contribution in [0.25, 0.3) is 88.1 Å². The Morgan fingerprint density at radius 3 is 1.53 bits per heavy atom. The molecular formula is C53H34N2. The van der Waals surface area contributed by atoms with Crippen molar-refractivity contribution < 1.29 is 0 Å². The van der Waals surface area contributed by atoms with Gasteiger partial charge in [-0.2, -0.15) is 0 Å². The molecular weight excluding hydrogens is 665 g/mol. The number of pyridine rings is 1. The number of hydrogen-bond acceptors (Lipinski definition) is 2. The Bertz CT molecular complexity index is 2960. The van der Waals surface area contributed by atoms with E-state index < -0.39 is 0 Å². The zero-order valence-corrected chi connectivity index (χ0v) is 30.0. The zero-order valence-electron chi connectivity index (χ0n) is 30.0. The van der Waals surface area contributed by atoms with E-state index in [0.29, 0.717) is 0 Å². The topological polar surface area (TPSA) is 16.1 Å². The summed E-state index contributed by atoms with van der Waals surface area (Å²) in [6.07, 6.45) is 1.88. The van der Waals surface area contributed by atoms with Gasteiger partial charge in [0.1, 0.15) is 0 Å². The Balaban J connectivity index is 1.12. The molecule has 0 bridgehead atoms. The summed E-state index contributed by atoms with van der Waals surface area (Å²) >= 11 is 0. The Hall–Kier alpha value is -7.29. The van der Waals surface area contributed by atoms with Gasteiger partial charge in [0.25, 0.3) is 0 Å². The molecule has 0 amide bonds. The number of aromatic nitrogens is 1. The van der Waals surface area contributed by atoms with Crippen LogP contribution in [-0.4, -0.2) is 4.98 Å². The predicted molar refractivity (Wildman–Crippen MR) is 232 cm³/mol. The molecule has 0 N–H and O–H groups in total. The summed E-state index contributed by atoms with van der Waals surface area (Å²) in [6.45, 7) is 0. The quantitative estimate of drug-likeness (QED) is 0.172. The van der Waals surface area contributed by atoms with Crippen molar-refractivity contribution in [3.63, 3.8) is 0 Å². The van der Waals surface area contributed by atoms with E-state index in [1.54, 1.807) is 0 Å². The molecule has 1 aliphatic carbocycles. The summed E-state index contributed by atoms with van der Waals surface area (Å²) in [5.74, 6) is 0. The van der Waals surface area contributed by atoms with Crippen molar-refractivity contribution >= 4 is 49.5 Å². The molecule has 55 heavy (non-hydrogen) atoms. The van der Waals surface area contributed by atoms with Gasteiger partial charge in [-0.05, 0) is 114 Å². The monoisotopic (exact) mass is 698 g/mol. The summed E-state index contributed by atoms with van der Waals surface area (Å²) in [7, 11) is 0. The Kier molecular flexibility index (Phi) is 7.21. The fraction of sp³-hybridized carbons (Fsp3) is 0. The van der Waals surface area contributed by atoms with Gasteiger partial charge in [0, 0.05) is 23.0 Å². The Morgan fingerprint density at radius 1 is 0.327 bits per heavy atom. The maximum absolute atomic E-state index is 4.82. The van der Waals surface area contributed by atoms with E-state index in [1.807, 2.05) is 12.3 Å². The van der Waals surface area contributed by atoms with Crippen LogP contribution < -0.4 is 4.90 Å². The highest BCUT2D eigenvalue weighted by molar-refractivity contribution is 6.28. The molecule has 10 aromatic rings. The van der Waals surface area contributed by atoms with Gasteiger partial charge in [-0.25, -0.2) is 0 Å². The third-order valence-corrected chi connectivity index (χ3v) is 11.2. The van der Waals surface area contributed by atoms with Crippen LogP contribution in [0.2, 0.25) is 0 Å². The number of hydrogen-bond donors (Lipinski definition) is 0. The van der Waals surface area contributed by atoms with Gasteiger partial charge in [-0.15, -0.1) is 0 Å². The molecule has 0 saturated carbocycles. The Labute approximate surface area is 320 Å². The smallest absolute Gasteiger partial charge is 0.0942 e. The second-order valence-electron chi connectivity index (χ2n) is 14.2. The molecule has 256 valence electrons. The summed E-state index contributed by atoms with van der Waals surface area (Å²) in [6, 6.07) is 72.5. The maximum atomic E-state index is 4.82. The third kappa shape index (κ3) is 4.92. The standard InChI is InChI=1S/C53H34N2/c1-4-15-36(16-5-1)48-43-23-10-11-24-44(43)49(37-17-6-2-7-18-37)52-46-33-32-41(42-25-13-26-45(50(42)46)51(48)52)35-28-30-40(31-29-35)55(39-21-8-3-9-22-39)47-27-12-19-38-20-14-34-54-53(38)47/h1-34H. The zero-order chi connectivity index (χ0) is 36.3. The van der Waals surface area contributed by atoms with Gasteiger partial charge in [-0.1, -0.05) is 164 Å². The van der Waals surface area contributed by atoms with Crippen molar-refractivity contribution in [2.24, 2.45) is 0 Å². The van der Waals surface area contributed by atoms with E-state index in [0.717, 1.165) is 28.0 Å². The first kappa shape index (κ1) is 31.3. The summed E-state index contributed by atoms with van der Waals surface area (Å²) in [4.78, 5) is 7.13. The van der Waals surface area contributed by atoms with E-state index in [4.69, 9.17) is 4.98 Å². The average molecular weight is 699 g/mol. The third-order valence-electron chi connectivity index (χ3n) is 11.2. The minimum atomic E-state index is 0.974. The van der Waals surface area contributed by atoms with Gasteiger partial charge in [-0.3, -0.25) is 4.98 Å². The summed E-state index contributed by atoms with van der Waals surface area (Å²) < 4.78 is 0. The Morgan fingerprint density at radius 2 is 0.855 bits per heavy atom. The second kappa shape index (κ2) is 12.7. The van der Waals surface area contributed by atoms with Crippen LogP contribution in [0, 0.1) is 0 Å². The fourth-order valence-electron chi connectivity index (χ4n) is 8.92. The summed E-state index contributed by atoms with van der Waals surface area (Å²) in [5, 5.41) is 6.24. The van der Waals surface area contributed by atoms with E-state index >= 15 is 0 Å². The molecule has 9 aromatic carbocycles. The van der Waals surface area contributed by atoms with Crippen LogP contribution >= 0.6 is 0 Å².